The van der Waals surface area contributed by atoms with Crippen molar-refractivity contribution in [1.82, 2.24) is 9.80 Å². The number of phenols is 2. The van der Waals surface area contributed by atoms with Gasteiger partial charge in [0.1, 0.15) is 24.0 Å². The smallest absolute Gasteiger partial charge is 0.258 e. The van der Waals surface area contributed by atoms with Crippen LogP contribution >= 0.6 is 0 Å². The topological polar surface area (TPSA) is 73.2 Å². The summed E-state index contributed by atoms with van der Waals surface area (Å²) in [5.41, 5.74) is 3.05. The summed E-state index contributed by atoms with van der Waals surface area (Å²) in [4.78, 5) is 17.1. The number of hydrogen-bond donors (Lipinski definition) is 2. The lowest BCUT2D eigenvalue weighted by Crippen LogP contribution is -2.33. The van der Waals surface area contributed by atoms with Crippen molar-refractivity contribution in [3.63, 3.8) is 0 Å². The van der Waals surface area contributed by atoms with Crippen LogP contribution in [0.5, 0.6) is 17.2 Å². The van der Waals surface area contributed by atoms with Crippen LogP contribution in [0, 0.1) is 0 Å². The lowest BCUT2D eigenvalue weighted by molar-refractivity contribution is 0.0748. The quantitative estimate of drug-likeness (QED) is 0.773. The Kier molecular flexibility index (Phi) is 5.86. The molecule has 0 saturated carbocycles. The highest BCUT2D eigenvalue weighted by atomic mass is 16.5. The summed E-state index contributed by atoms with van der Waals surface area (Å²) >= 11 is 0. The Balaban J connectivity index is 1.45. The van der Waals surface area contributed by atoms with Gasteiger partial charge in [-0.15, -0.1) is 0 Å². The van der Waals surface area contributed by atoms with Crippen molar-refractivity contribution in [2.75, 3.05) is 19.8 Å². The minimum Gasteiger partial charge on any atom is -0.508 e. The van der Waals surface area contributed by atoms with Crippen LogP contribution in [0.1, 0.15) is 66.1 Å². The lowest BCUT2D eigenvalue weighted by Gasteiger charge is -2.26. The molecule has 0 radical (unpaired) electrons. The molecule has 2 N–H and O–H groups in total. The first-order chi connectivity index (χ1) is 14.4. The number of amides is 1. The minimum absolute atomic E-state index is 0.0132. The Morgan fingerprint density at radius 2 is 1.73 bits per heavy atom. The second-order valence-corrected chi connectivity index (χ2v) is 8.63. The maximum Gasteiger partial charge on any atom is 0.258 e. The predicted octanol–water partition coefficient (Wildman–Crippen LogP) is 4.20. The minimum atomic E-state index is -0.235. The summed E-state index contributed by atoms with van der Waals surface area (Å²) in [6.07, 6.45) is 3.76. The fourth-order valence-electron chi connectivity index (χ4n) is 4.26. The fraction of sp³-hybridized carbons (Fsp3) is 0.458. The molecule has 2 aliphatic heterocycles. The molecule has 2 aliphatic rings. The van der Waals surface area contributed by atoms with Gasteiger partial charge in [0.2, 0.25) is 0 Å². The summed E-state index contributed by atoms with van der Waals surface area (Å²) in [7, 11) is 0. The standard InChI is InChI=1S/C24H30N2O4/c1-16(2)20-11-21(23(28)12-22(20)27)24(29)26-13-17-6-7-19(10-18(17)14-26)30-15-25-8-4-3-5-9-25/h6-7,10-12,16,27-28H,3-5,8-9,13-15H2,1-2H3. The van der Waals surface area contributed by atoms with Crippen molar-refractivity contribution < 1.29 is 19.7 Å². The fourth-order valence-corrected chi connectivity index (χ4v) is 4.26. The largest absolute Gasteiger partial charge is 0.508 e. The van der Waals surface area contributed by atoms with E-state index in [0.29, 0.717) is 25.4 Å². The van der Waals surface area contributed by atoms with E-state index in [1.807, 2.05) is 32.0 Å². The number of nitrogens with zero attached hydrogens (tertiary/aromatic N) is 2. The third-order valence-electron chi connectivity index (χ3n) is 6.05. The number of fused-ring (bicyclic) bond motifs is 1. The maximum atomic E-state index is 13.1. The summed E-state index contributed by atoms with van der Waals surface area (Å²) in [5, 5.41) is 20.3. The summed E-state index contributed by atoms with van der Waals surface area (Å²) < 4.78 is 5.98. The Labute approximate surface area is 177 Å². The van der Waals surface area contributed by atoms with Gasteiger partial charge in [0.25, 0.3) is 5.91 Å². The molecule has 0 aromatic heterocycles. The molecule has 0 aliphatic carbocycles. The van der Waals surface area contributed by atoms with Gasteiger partial charge in [-0.1, -0.05) is 26.3 Å². The number of benzene rings is 2. The second kappa shape index (κ2) is 8.56. The van der Waals surface area contributed by atoms with Gasteiger partial charge >= 0.3 is 0 Å². The van der Waals surface area contributed by atoms with Gasteiger partial charge < -0.3 is 19.8 Å². The number of aromatic hydroxyl groups is 2. The molecule has 6 nitrogen and oxygen atoms in total. The predicted molar refractivity (Wildman–Crippen MR) is 115 cm³/mol. The average molecular weight is 411 g/mol. The van der Waals surface area contributed by atoms with E-state index in [9.17, 15) is 15.0 Å². The highest BCUT2D eigenvalue weighted by molar-refractivity contribution is 5.97. The molecular weight excluding hydrogens is 380 g/mol. The van der Waals surface area contributed by atoms with Gasteiger partial charge in [-0.05, 0) is 53.6 Å². The number of phenolic OH excluding ortho intramolecular Hbond substituents is 2. The summed E-state index contributed by atoms with van der Waals surface area (Å²) in [6.45, 7) is 7.63. The Hall–Kier alpha value is -2.73. The first-order valence-electron chi connectivity index (χ1n) is 10.7. The zero-order valence-corrected chi connectivity index (χ0v) is 17.7. The number of ether oxygens (including phenoxy) is 1. The number of likely N-dealkylation sites (tertiary alicyclic amines) is 1. The van der Waals surface area contributed by atoms with Crippen LogP contribution in [-0.2, 0) is 13.1 Å². The number of hydrogen-bond acceptors (Lipinski definition) is 5. The van der Waals surface area contributed by atoms with Crippen molar-refractivity contribution in [3.8, 4) is 17.2 Å². The van der Waals surface area contributed by atoms with E-state index in [4.69, 9.17) is 4.74 Å². The first-order valence-corrected chi connectivity index (χ1v) is 10.7. The molecule has 1 saturated heterocycles. The number of carbonyl (C=O) groups is 1. The molecule has 30 heavy (non-hydrogen) atoms. The van der Waals surface area contributed by atoms with E-state index in [2.05, 4.69) is 4.90 Å². The van der Waals surface area contributed by atoms with Crippen LogP contribution < -0.4 is 4.74 Å². The van der Waals surface area contributed by atoms with Gasteiger partial charge in [-0.2, -0.15) is 0 Å². The first kappa shape index (κ1) is 20.5. The SMILES string of the molecule is CC(C)c1cc(C(=O)N2Cc3ccc(OCN4CCCCC4)cc3C2)c(O)cc1O. The molecular formula is C24H30N2O4. The van der Waals surface area contributed by atoms with Crippen LogP contribution in [-0.4, -0.2) is 45.7 Å². The van der Waals surface area contributed by atoms with E-state index in [-0.39, 0.29) is 28.9 Å². The van der Waals surface area contributed by atoms with Crippen molar-refractivity contribution in [2.24, 2.45) is 0 Å². The normalized spacial score (nSPS) is 16.7. The van der Waals surface area contributed by atoms with E-state index < -0.39 is 0 Å². The zero-order valence-electron chi connectivity index (χ0n) is 17.7. The molecule has 4 rings (SSSR count). The zero-order chi connectivity index (χ0) is 21.3. The Morgan fingerprint density at radius 3 is 2.47 bits per heavy atom. The van der Waals surface area contributed by atoms with Crippen LogP contribution in [0.3, 0.4) is 0 Å². The Bertz CT molecular complexity index is 935. The third kappa shape index (κ3) is 4.24. The van der Waals surface area contributed by atoms with Crippen molar-refractivity contribution in [2.45, 2.75) is 52.1 Å². The molecule has 0 atom stereocenters. The summed E-state index contributed by atoms with van der Waals surface area (Å²) in [5.74, 6) is 0.458. The molecule has 0 bridgehead atoms. The Morgan fingerprint density at radius 1 is 1.00 bits per heavy atom. The van der Waals surface area contributed by atoms with Gasteiger partial charge in [-0.3, -0.25) is 9.69 Å². The molecule has 2 heterocycles. The highest BCUT2D eigenvalue weighted by Crippen LogP contribution is 2.35. The van der Waals surface area contributed by atoms with Gasteiger partial charge in [0, 0.05) is 32.2 Å². The van der Waals surface area contributed by atoms with Crippen molar-refractivity contribution in [3.05, 3.63) is 52.6 Å². The van der Waals surface area contributed by atoms with Crippen LogP contribution in [0.2, 0.25) is 0 Å². The van der Waals surface area contributed by atoms with Gasteiger partial charge in [-0.25, -0.2) is 0 Å². The third-order valence-corrected chi connectivity index (χ3v) is 6.05. The maximum absolute atomic E-state index is 13.1. The van der Waals surface area contributed by atoms with Crippen LogP contribution in [0.15, 0.2) is 30.3 Å². The molecule has 0 spiro atoms. The van der Waals surface area contributed by atoms with Gasteiger partial charge in [0.05, 0.1) is 5.56 Å². The van der Waals surface area contributed by atoms with Crippen molar-refractivity contribution >= 4 is 5.91 Å². The van der Waals surface area contributed by atoms with E-state index in [0.717, 1.165) is 30.0 Å². The second-order valence-electron chi connectivity index (χ2n) is 8.63. The molecule has 0 unspecified atom stereocenters. The molecule has 1 amide bonds. The van der Waals surface area contributed by atoms with E-state index in [1.165, 1.54) is 25.3 Å². The van der Waals surface area contributed by atoms with Crippen LogP contribution in [0.25, 0.3) is 0 Å². The van der Waals surface area contributed by atoms with Gasteiger partial charge in [0.15, 0.2) is 0 Å². The average Bonchev–Trinajstić information content (AvgIpc) is 3.16. The van der Waals surface area contributed by atoms with Crippen molar-refractivity contribution in [1.29, 1.82) is 0 Å². The molecule has 2 aromatic rings. The van der Waals surface area contributed by atoms with Crippen LogP contribution in [0.4, 0.5) is 0 Å². The lowest BCUT2D eigenvalue weighted by atomic mass is 9.98. The molecule has 160 valence electrons. The number of rotatable bonds is 5. The molecule has 6 heteroatoms. The van der Waals surface area contributed by atoms with E-state index >= 15 is 0 Å². The highest BCUT2D eigenvalue weighted by Gasteiger charge is 2.27. The summed E-state index contributed by atoms with van der Waals surface area (Å²) in [6, 6.07) is 8.87. The number of carbonyl (C=O) groups excluding carboxylic acids is 1. The monoisotopic (exact) mass is 410 g/mol. The number of piperidine rings is 1. The van der Waals surface area contributed by atoms with E-state index in [1.54, 1.807) is 11.0 Å². The molecule has 2 aromatic carbocycles. The molecule has 1 fully saturated rings.